The summed E-state index contributed by atoms with van der Waals surface area (Å²) in [5.74, 6) is -0.732. The Balaban J connectivity index is 3.27. The molecular weight excluding hydrogens is 207 g/mol. The number of nitrogens with two attached hydrogens (primary N) is 1. The number of nitrogens with one attached hydrogen (secondary N) is 1. The topological polar surface area (TPSA) is 72.2 Å². The van der Waals surface area contributed by atoms with E-state index in [0.717, 1.165) is 6.07 Å². The van der Waals surface area contributed by atoms with Gasteiger partial charge in [-0.3, -0.25) is 0 Å². The molecule has 0 bridgehead atoms. The van der Waals surface area contributed by atoms with Crippen molar-refractivity contribution in [2.24, 2.45) is 0 Å². The number of para-hydroxylation sites is 1. The smallest absolute Gasteiger partial charge is 0.242 e. The van der Waals surface area contributed by atoms with Gasteiger partial charge < -0.3 is 5.73 Å². The molecule has 0 saturated heterocycles. The zero-order valence-corrected chi connectivity index (χ0v) is 8.44. The fourth-order valence-electron chi connectivity index (χ4n) is 1.02. The van der Waals surface area contributed by atoms with E-state index in [4.69, 9.17) is 5.73 Å². The summed E-state index contributed by atoms with van der Waals surface area (Å²) < 4.78 is 38.1. The van der Waals surface area contributed by atoms with Crippen LogP contribution in [0.25, 0.3) is 0 Å². The zero-order chi connectivity index (χ0) is 10.8. The lowest BCUT2D eigenvalue weighted by molar-refractivity contribution is 0.581. The Hall–Kier alpha value is -1.14. The number of benzene rings is 1. The normalized spacial score (nSPS) is 11.6. The highest BCUT2D eigenvalue weighted by Gasteiger charge is 2.17. The maximum absolute atomic E-state index is 12.9. The second kappa shape index (κ2) is 3.93. The van der Waals surface area contributed by atoms with Crippen molar-refractivity contribution >= 4 is 15.7 Å². The highest BCUT2D eigenvalue weighted by Crippen LogP contribution is 2.20. The number of halogens is 1. The van der Waals surface area contributed by atoms with E-state index < -0.39 is 15.8 Å². The van der Waals surface area contributed by atoms with Crippen LogP contribution < -0.4 is 10.5 Å². The first-order valence-electron chi connectivity index (χ1n) is 4.02. The lowest BCUT2D eigenvalue weighted by Gasteiger charge is -2.07. The number of nitrogen functional groups attached to an aromatic ring is 1. The maximum Gasteiger partial charge on any atom is 0.242 e. The summed E-state index contributed by atoms with van der Waals surface area (Å²) in [5.41, 5.74) is 4.95. The van der Waals surface area contributed by atoms with Crippen LogP contribution in [0.4, 0.5) is 10.1 Å². The third kappa shape index (κ3) is 2.02. The minimum atomic E-state index is -3.68. The molecule has 0 saturated carbocycles. The van der Waals surface area contributed by atoms with Crippen LogP contribution in [0.2, 0.25) is 0 Å². The third-order valence-electron chi connectivity index (χ3n) is 1.64. The summed E-state index contributed by atoms with van der Waals surface area (Å²) in [6, 6.07) is 3.67. The van der Waals surface area contributed by atoms with E-state index >= 15 is 0 Å². The Morgan fingerprint density at radius 1 is 1.50 bits per heavy atom. The molecule has 0 aromatic heterocycles. The second-order valence-corrected chi connectivity index (χ2v) is 4.39. The van der Waals surface area contributed by atoms with Gasteiger partial charge in [-0.05, 0) is 12.1 Å². The molecule has 0 amide bonds. The number of anilines is 1. The molecule has 14 heavy (non-hydrogen) atoms. The molecule has 0 fully saturated rings. The van der Waals surface area contributed by atoms with Gasteiger partial charge in [0, 0.05) is 6.54 Å². The molecule has 4 nitrogen and oxygen atoms in total. The van der Waals surface area contributed by atoms with Crippen molar-refractivity contribution in [1.29, 1.82) is 0 Å². The summed E-state index contributed by atoms with van der Waals surface area (Å²) in [5, 5.41) is 0. The standard InChI is InChI=1S/C8H11FN2O2S/c1-2-11-14(12,13)7-5-3-4-6(9)8(7)10/h3-5,11H,2,10H2,1H3. The monoisotopic (exact) mass is 218 g/mol. The predicted molar refractivity (Wildman–Crippen MR) is 51.7 cm³/mol. The van der Waals surface area contributed by atoms with Crippen molar-refractivity contribution < 1.29 is 12.8 Å². The fourth-order valence-corrected chi connectivity index (χ4v) is 2.20. The Labute approximate surface area is 82.0 Å². The molecule has 0 aliphatic rings. The van der Waals surface area contributed by atoms with Gasteiger partial charge in [0.05, 0.1) is 5.69 Å². The predicted octanol–water partition coefficient (Wildman–Crippen LogP) is 0.706. The van der Waals surface area contributed by atoms with E-state index in [1.165, 1.54) is 12.1 Å². The van der Waals surface area contributed by atoms with Crippen molar-refractivity contribution in [2.45, 2.75) is 11.8 Å². The first-order valence-corrected chi connectivity index (χ1v) is 5.51. The van der Waals surface area contributed by atoms with Crippen molar-refractivity contribution in [3.05, 3.63) is 24.0 Å². The lowest BCUT2D eigenvalue weighted by Crippen LogP contribution is -2.24. The summed E-state index contributed by atoms with van der Waals surface area (Å²) in [6.45, 7) is 1.87. The number of hydrogen-bond acceptors (Lipinski definition) is 3. The van der Waals surface area contributed by atoms with Crippen molar-refractivity contribution in [2.75, 3.05) is 12.3 Å². The lowest BCUT2D eigenvalue weighted by atomic mass is 10.3. The molecule has 0 unspecified atom stereocenters. The van der Waals surface area contributed by atoms with Crippen LogP contribution in [0.1, 0.15) is 6.92 Å². The van der Waals surface area contributed by atoms with E-state index in [1.807, 2.05) is 0 Å². The quantitative estimate of drug-likeness (QED) is 0.734. The van der Waals surface area contributed by atoms with Crippen LogP contribution in [-0.2, 0) is 10.0 Å². The number of sulfonamides is 1. The van der Waals surface area contributed by atoms with Crippen molar-refractivity contribution in [3.63, 3.8) is 0 Å². The molecular formula is C8H11FN2O2S. The van der Waals surface area contributed by atoms with Crippen LogP contribution in [0.5, 0.6) is 0 Å². The largest absolute Gasteiger partial charge is 0.395 e. The first kappa shape index (κ1) is 10.9. The van der Waals surface area contributed by atoms with Crippen LogP contribution in [0, 0.1) is 5.82 Å². The molecule has 0 heterocycles. The van der Waals surface area contributed by atoms with Gasteiger partial charge in [0.25, 0.3) is 0 Å². The molecule has 0 radical (unpaired) electrons. The van der Waals surface area contributed by atoms with Gasteiger partial charge in [0.15, 0.2) is 0 Å². The summed E-state index contributed by atoms with van der Waals surface area (Å²) in [7, 11) is -3.68. The molecule has 6 heteroatoms. The second-order valence-electron chi connectivity index (χ2n) is 2.65. The number of rotatable bonds is 3. The highest BCUT2D eigenvalue weighted by atomic mass is 32.2. The van der Waals surface area contributed by atoms with E-state index in [1.54, 1.807) is 6.92 Å². The summed E-state index contributed by atoms with van der Waals surface area (Å²) in [6.07, 6.45) is 0. The molecule has 0 aliphatic carbocycles. The molecule has 1 rings (SSSR count). The van der Waals surface area contributed by atoms with E-state index in [9.17, 15) is 12.8 Å². The van der Waals surface area contributed by atoms with E-state index in [2.05, 4.69) is 4.72 Å². The van der Waals surface area contributed by atoms with Gasteiger partial charge in [-0.2, -0.15) is 0 Å². The van der Waals surface area contributed by atoms with Crippen LogP contribution in [0.3, 0.4) is 0 Å². The van der Waals surface area contributed by atoms with E-state index in [-0.39, 0.29) is 17.1 Å². The minimum absolute atomic E-state index is 0.223. The first-order chi connectivity index (χ1) is 6.49. The van der Waals surface area contributed by atoms with Gasteiger partial charge in [-0.1, -0.05) is 13.0 Å². The van der Waals surface area contributed by atoms with Gasteiger partial charge in [-0.25, -0.2) is 17.5 Å². The molecule has 0 atom stereocenters. The fraction of sp³-hybridized carbons (Fsp3) is 0.250. The molecule has 1 aromatic rings. The van der Waals surface area contributed by atoms with Gasteiger partial charge in [0.2, 0.25) is 10.0 Å². The molecule has 0 spiro atoms. The molecule has 1 aromatic carbocycles. The average molecular weight is 218 g/mol. The van der Waals surface area contributed by atoms with E-state index in [0.29, 0.717) is 0 Å². The Kier molecular flexibility index (Phi) is 3.07. The summed E-state index contributed by atoms with van der Waals surface area (Å²) >= 11 is 0. The highest BCUT2D eigenvalue weighted by molar-refractivity contribution is 7.89. The Bertz CT molecular complexity index is 431. The SMILES string of the molecule is CCNS(=O)(=O)c1cccc(F)c1N. The Morgan fingerprint density at radius 2 is 2.14 bits per heavy atom. The molecule has 78 valence electrons. The molecule has 0 aliphatic heterocycles. The minimum Gasteiger partial charge on any atom is -0.395 e. The average Bonchev–Trinajstić information content (AvgIpc) is 2.09. The third-order valence-corrected chi connectivity index (χ3v) is 3.24. The van der Waals surface area contributed by atoms with Gasteiger partial charge in [-0.15, -0.1) is 0 Å². The number of hydrogen-bond donors (Lipinski definition) is 2. The maximum atomic E-state index is 12.9. The zero-order valence-electron chi connectivity index (χ0n) is 7.62. The van der Waals surface area contributed by atoms with Crippen LogP contribution in [-0.4, -0.2) is 15.0 Å². The summed E-state index contributed by atoms with van der Waals surface area (Å²) in [4.78, 5) is -0.223. The molecule has 3 N–H and O–H groups in total. The van der Waals surface area contributed by atoms with Gasteiger partial charge >= 0.3 is 0 Å². The van der Waals surface area contributed by atoms with Crippen LogP contribution in [0.15, 0.2) is 23.1 Å². The van der Waals surface area contributed by atoms with Crippen molar-refractivity contribution in [1.82, 2.24) is 4.72 Å². The van der Waals surface area contributed by atoms with Crippen molar-refractivity contribution in [3.8, 4) is 0 Å². The van der Waals surface area contributed by atoms with Crippen LogP contribution >= 0.6 is 0 Å². The Morgan fingerprint density at radius 3 is 2.71 bits per heavy atom. The van der Waals surface area contributed by atoms with Gasteiger partial charge in [0.1, 0.15) is 10.7 Å².